The molecule has 0 amide bonds. The smallest absolute Gasteiger partial charge is 0.299 e. The first kappa shape index (κ1) is 14.4. The van der Waals surface area contributed by atoms with Crippen molar-refractivity contribution in [2.24, 2.45) is 0 Å². The van der Waals surface area contributed by atoms with E-state index in [-0.39, 0.29) is 23.1 Å². The van der Waals surface area contributed by atoms with E-state index in [0.717, 1.165) is 11.6 Å². The maximum absolute atomic E-state index is 11.1. The average Bonchev–Trinajstić information content (AvgIpc) is 2.48. The highest BCUT2D eigenvalue weighted by molar-refractivity contribution is 5.65. The van der Waals surface area contributed by atoms with Crippen molar-refractivity contribution in [1.82, 2.24) is 0 Å². The lowest BCUT2D eigenvalue weighted by molar-refractivity contribution is -0.393. The van der Waals surface area contributed by atoms with Gasteiger partial charge in [0.05, 0.1) is 15.9 Å². The van der Waals surface area contributed by atoms with E-state index < -0.39 is 9.85 Å². The molecule has 0 spiro atoms. The van der Waals surface area contributed by atoms with E-state index in [1.807, 2.05) is 37.3 Å². The molecule has 7 nitrogen and oxygen atoms in total. The maximum Gasteiger partial charge on any atom is 0.299 e. The van der Waals surface area contributed by atoms with Crippen molar-refractivity contribution >= 4 is 17.1 Å². The lowest BCUT2D eigenvalue weighted by Gasteiger charge is -2.15. The summed E-state index contributed by atoms with van der Waals surface area (Å²) in [6, 6.07) is 12.8. The third-order valence-corrected chi connectivity index (χ3v) is 3.06. The van der Waals surface area contributed by atoms with E-state index >= 15 is 0 Å². The number of rotatable bonds is 5. The number of hydrogen-bond acceptors (Lipinski definition) is 5. The monoisotopic (exact) mass is 287 g/mol. The minimum Gasteiger partial charge on any atom is -0.373 e. The molecule has 0 aliphatic rings. The van der Waals surface area contributed by atoms with Crippen LogP contribution in [0.15, 0.2) is 48.5 Å². The van der Waals surface area contributed by atoms with Crippen LogP contribution in [0.25, 0.3) is 0 Å². The zero-order valence-electron chi connectivity index (χ0n) is 11.2. The van der Waals surface area contributed by atoms with E-state index in [0.29, 0.717) is 0 Å². The number of nitro benzene ring substituents is 2. The predicted molar refractivity (Wildman–Crippen MR) is 78.2 cm³/mol. The molecule has 7 heteroatoms. The van der Waals surface area contributed by atoms with Crippen LogP contribution in [0.1, 0.15) is 18.5 Å². The van der Waals surface area contributed by atoms with Crippen molar-refractivity contribution in [1.29, 1.82) is 0 Å². The number of nitrogens with one attached hydrogen (secondary N) is 1. The van der Waals surface area contributed by atoms with Gasteiger partial charge in [0.2, 0.25) is 0 Å². The molecular weight excluding hydrogens is 274 g/mol. The summed E-state index contributed by atoms with van der Waals surface area (Å²) in [6.07, 6.45) is 0. The Balaban J connectivity index is 2.31. The van der Waals surface area contributed by atoms with Crippen molar-refractivity contribution in [3.63, 3.8) is 0 Å². The van der Waals surface area contributed by atoms with Gasteiger partial charge in [-0.1, -0.05) is 30.3 Å². The van der Waals surface area contributed by atoms with Crippen molar-refractivity contribution in [2.45, 2.75) is 13.0 Å². The highest BCUT2D eigenvalue weighted by atomic mass is 16.6. The highest BCUT2D eigenvalue weighted by Crippen LogP contribution is 2.31. The maximum atomic E-state index is 11.1. The third-order valence-electron chi connectivity index (χ3n) is 3.06. The molecule has 1 N–H and O–H groups in total. The standard InChI is InChI=1S/C14H13N3O4/c1-10(11-5-3-2-4-6-11)15-13-8-7-12(16(18)19)9-14(13)17(20)21/h2-10,15H,1H3/t10-/m0/s1. The Morgan fingerprint density at radius 3 is 2.24 bits per heavy atom. The van der Waals surface area contributed by atoms with Gasteiger partial charge in [0, 0.05) is 12.1 Å². The average molecular weight is 287 g/mol. The zero-order valence-corrected chi connectivity index (χ0v) is 11.2. The number of anilines is 1. The van der Waals surface area contributed by atoms with Gasteiger partial charge in [-0.3, -0.25) is 20.2 Å². The van der Waals surface area contributed by atoms with Crippen LogP contribution in [-0.2, 0) is 0 Å². The topological polar surface area (TPSA) is 98.3 Å². The van der Waals surface area contributed by atoms with Gasteiger partial charge in [0.1, 0.15) is 5.69 Å². The van der Waals surface area contributed by atoms with E-state index in [2.05, 4.69) is 5.32 Å². The predicted octanol–water partition coefficient (Wildman–Crippen LogP) is 3.68. The minimum atomic E-state index is -0.655. The highest BCUT2D eigenvalue weighted by Gasteiger charge is 2.20. The Morgan fingerprint density at radius 1 is 1.00 bits per heavy atom. The van der Waals surface area contributed by atoms with Gasteiger partial charge in [0.25, 0.3) is 11.4 Å². The minimum absolute atomic E-state index is 0.161. The first-order valence-corrected chi connectivity index (χ1v) is 6.23. The van der Waals surface area contributed by atoms with Crippen LogP contribution in [-0.4, -0.2) is 9.85 Å². The summed E-state index contributed by atoms with van der Waals surface area (Å²) in [5, 5.41) is 24.8. The Kier molecular flexibility index (Phi) is 4.13. The number of non-ortho nitro benzene ring substituents is 1. The molecule has 0 aromatic heterocycles. The largest absolute Gasteiger partial charge is 0.373 e. The first-order chi connectivity index (χ1) is 9.99. The molecule has 2 aromatic rings. The van der Waals surface area contributed by atoms with Crippen LogP contribution >= 0.6 is 0 Å². The van der Waals surface area contributed by atoms with Crippen molar-refractivity contribution < 1.29 is 9.85 Å². The summed E-state index contributed by atoms with van der Waals surface area (Å²) in [5.74, 6) is 0. The molecule has 0 saturated heterocycles. The third kappa shape index (κ3) is 3.33. The Labute approximate surface area is 120 Å². The summed E-state index contributed by atoms with van der Waals surface area (Å²) < 4.78 is 0. The van der Waals surface area contributed by atoms with E-state index in [9.17, 15) is 20.2 Å². The second kappa shape index (κ2) is 6.00. The molecular formula is C14H13N3O4. The fourth-order valence-electron chi connectivity index (χ4n) is 1.97. The summed E-state index contributed by atoms with van der Waals surface area (Å²) in [6.45, 7) is 1.86. The number of hydrogen-bond donors (Lipinski definition) is 1. The number of nitrogens with zero attached hydrogens (tertiary/aromatic N) is 2. The van der Waals surface area contributed by atoms with Gasteiger partial charge in [-0.25, -0.2) is 0 Å². The Hall–Kier alpha value is -2.96. The summed E-state index contributed by atoms with van der Waals surface area (Å²) in [4.78, 5) is 20.5. The Morgan fingerprint density at radius 2 is 1.67 bits per heavy atom. The summed E-state index contributed by atoms with van der Waals surface area (Å²) in [7, 11) is 0. The molecule has 2 rings (SSSR count). The molecule has 2 aromatic carbocycles. The molecule has 0 aliphatic carbocycles. The SMILES string of the molecule is C[C@H](Nc1ccc([N+](=O)[O-])cc1[N+](=O)[O-])c1ccccc1. The molecule has 21 heavy (non-hydrogen) atoms. The second-order valence-electron chi connectivity index (χ2n) is 4.49. The fourth-order valence-corrected chi connectivity index (χ4v) is 1.97. The van der Waals surface area contributed by atoms with Crippen LogP contribution in [0.4, 0.5) is 17.1 Å². The quantitative estimate of drug-likeness (QED) is 0.668. The second-order valence-corrected chi connectivity index (χ2v) is 4.49. The molecule has 108 valence electrons. The zero-order chi connectivity index (χ0) is 15.4. The Bertz CT molecular complexity index is 673. The van der Waals surface area contributed by atoms with E-state index in [4.69, 9.17) is 0 Å². The number of nitro groups is 2. The lowest BCUT2D eigenvalue weighted by atomic mass is 10.1. The molecule has 0 bridgehead atoms. The summed E-state index contributed by atoms with van der Waals surface area (Å²) >= 11 is 0. The molecule has 0 saturated carbocycles. The summed E-state index contributed by atoms with van der Waals surface area (Å²) in [5.41, 5.74) is 0.596. The van der Waals surface area contributed by atoms with E-state index in [1.165, 1.54) is 12.1 Å². The molecule has 0 radical (unpaired) electrons. The lowest BCUT2D eigenvalue weighted by Crippen LogP contribution is -2.08. The molecule has 0 heterocycles. The van der Waals surface area contributed by atoms with Gasteiger partial charge in [0.15, 0.2) is 0 Å². The number of benzene rings is 2. The van der Waals surface area contributed by atoms with Gasteiger partial charge >= 0.3 is 0 Å². The molecule has 0 fully saturated rings. The van der Waals surface area contributed by atoms with Crippen molar-refractivity contribution in [2.75, 3.05) is 5.32 Å². The van der Waals surface area contributed by atoms with Crippen LogP contribution in [0.2, 0.25) is 0 Å². The molecule has 0 unspecified atom stereocenters. The van der Waals surface area contributed by atoms with Gasteiger partial charge in [-0.05, 0) is 18.6 Å². The van der Waals surface area contributed by atoms with Crippen LogP contribution in [0.5, 0.6) is 0 Å². The van der Waals surface area contributed by atoms with Crippen LogP contribution in [0, 0.1) is 20.2 Å². The molecule has 1 atom stereocenters. The van der Waals surface area contributed by atoms with E-state index in [1.54, 1.807) is 0 Å². The first-order valence-electron chi connectivity index (χ1n) is 6.23. The van der Waals surface area contributed by atoms with Gasteiger partial charge < -0.3 is 5.32 Å². The van der Waals surface area contributed by atoms with Gasteiger partial charge in [-0.2, -0.15) is 0 Å². The van der Waals surface area contributed by atoms with Crippen molar-refractivity contribution in [3.8, 4) is 0 Å². The van der Waals surface area contributed by atoms with Crippen LogP contribution in [0.3, 0.4) is 0 Å². The van der Waals surface area contributed by atoms with Crippen molar-refractivity contribution in [3.05, 3.63) is 74.3 Å². The van der Waals surface area contributed by atoms with Gasteiger partial charge in [-0.15, -0.1) is 0 Å². The molecule has 0 aliphatic heterocycles. The van der Waals surface area contributed by atoms with Crippen LogP contribution < -0.4 is 5.32 Å². The fraction of sp³-hybridized carbons (Fsp3) is 0.143. The normalized spacial score (nSPS) is 11.7.